The van der Waals surface area contributed by atoms with Gasteiger partial charge in [-0.3, -0.25) is 0 Å². The van der Waals surface area contributed by atoms with E-state index < -0.39 is 27.6 Å². The molecule has 0 saturated carbocycles. The van der Waals surface area contributed by atoms with E-state index in [0.29, 0.717) is 10.9 Å². The monoisotopic (exact) mass is 380 g/mol. The number of benzene rings is 1. The number of aromatic nitrogens is 1. The molecule has 18 heavy (non-hydrogen) atoms. The van der Waals surface area contributed by atoms with Crippen molar-refractivity contribution < 1.29 is 28.9 Å². The van der Waals surface area contributed by atoms with E-state index in [1.807, 2.05) is 0 Å². The zero-order valence-electron chi connectivity index (χ0n) is 8.58. The van der Waals surface area contributed by atoms with Crippen molar-refractivity contribution in [1.29, 1.82) is 0 Å². The van der Waals surface area contributed by atoms with Crippen LogP contribution in [0.1, 0.15) is 11.3 Å². The number of fused-ring (bicyclic) bond motifs is 1. The van der Waals surface area contributed by atoms with Crippen LogP contribution >= 0.6 is 21.3 Å². The van der Waals surface area contributed by atoms with Crippen molar-refractivity contribution in [1.82, 2.24) is 4.98 Å². The van der Waals surface area contributed by atoms with Crippen LogP contribution in [0.15, 0.2) is 24.3 Å². The van der Waals surface area contributed by atoms with Gasteiger partial charge in [0.05, 0.1) is 0 Å². The van der Waals surface area contributed by atoms with E-state index in [4.69, 9.17) is 21.3 Å². The van der Waals surface area contributed by atoms with Gasteiger partial charge in [0.2, 0.25) is 0 Å². The summed E-state index contributed by atoms with van der Waals surface area (Å²) in [5.41, 5.74) is -0.188. The first kappa shape index (κ1) is 13.9. The van der Waals surface area contributed by atoms with Gasteiger partial charge in [-0.05, 0) is 0 Å². The number of para-hydroxylation sites is 1. The van der Waals surface area contributed by atoms with Crippen molar-refractivity contribution in [3.05, 3.63) is 40.5 Å². The van der Waals surface area contributed by atoms with Gasteiger partial charge >= 0.3 is 117 Å². The Hall–Kier alpha value is -0.507. The van der Waals surface area contributed by atoms with E-state index in [-0.39, 0.29) is 10.5 Å². The SMILES string of the molecule is FC(F)(F)c1cc(Cl)c2cccc([CH]=[Ru][Cl])c2n1. The molecule has 1 heterocycles. The molecule has 2 rings (SSSR count). The van der Waals surface area contributed by atoms with E-state index in [1.54, 1.807) is 22.8 Å². The van der Waals surface area contributed by atoms with Crippen molar-refractivity contribution in [2.45, 2.75) is 6.18 Å². The van der Waals surface area contributed by atoms with Crippen LogP contribution in [0.25, 0.3) is 10.9 Å². The first-order chi connectivity index (χ1) is 8.43. The predicted octanol–water partition coefficient (Wildman–Crippen LogP) is 4.29. The van der Waals surface area contributed by atoms with Crippen molar-refractivity contribution in [2.75, 3.05) is 0 Å². The fourth-order valence-corrected chi connectivity index (χ4v) is 2.86. The number of pyridine rings is 1. The van der Waals surface area contributed by atoms with E-state index in [2.05, 4.69) is 4.98 Å². The summed E-state index contributed by atoms with van der Waals surface area (Å²) in [5.74, 6) is 0. The molecule has 0 radical (unpaired) electrons. The molecule has 2 aromatic rings. The van der Waals surface area contributed by atoms with Crippen molar-refractivity contribution in [2.24, 2.45) is 0 Å². The third-order valence-electron chi connectivity index (χ3n) is 2.26. The summed E-state index contributed by atoms with van der Waals surface area (Å²) in [5, 5.41) is 0.525. The van der Waals surface area contributed by atoms with Crippen LogP contribution in [0.3, 0.4) is 0 Å². The Kier molecular flexibility index (Phi) is 4.05. The molecule has 0 saturated heterocycles. The maximum atomic E-state index is 12.7. The Balaban J connectivity index is 2.80. The Bertz CT molecular complexity index is 625. The molecule has 0 unspecified atom stereocenters. The minimum absolute atomic E-state index is 0.0351. The van der Waals surface area contributed by atoms with Crippen LogP contribution in [0, 0.1) is 0 Å². The number of alkyl halides is 3. The normalized spacial score (nSPS) is 12.9. The predicted molar refractivity (Wildman–Crippen MR) is 62.8 cm³/mol. The van der Waals surface area contributed by atoms with Crippen molar-refractivity contribution in [3.63, 3.8) is 0 Å². The van der Waals surface area contributed by atoms with E-state index >= 15 is 0 Å². The molecular weight excluding hydrogens is 375 g/mol. The molecule has 0 aliphatic heterocycles. The molecule has 1 nitrogen and oxygen atoms in total. The summed E-state index contributed by atoms with van der Waals surface area (Å²) < 4.78 is 39.7. The van der Waals surface area contributed by atoms with Crippen LogP contribution in [0.4, 0.5) is 13.2 Å². The number of hydrogen-bond acceptors (Lipinski definition) is 1. The Morgan fingerprint density at radius 3 is 2.61 bits per heavy atom. The van der Waals surface area contributed by atoms with Gasteiger partial charge in [-0.25, -0.2) is 0 Å². The summed E-state index contributed by atoms with van der Waals surface area (Å²) in [6.45, 7) is 0. The van der Waals surface area contributed by atoms with Gasteiger partial charge in [0.1, 0.15) is 0 Å². The van der Waals surface area contributed by atoms with Crippen LogP contribution in [-0.2, 0) is 21.9 Å². The molecular formula is C11H5Cl2F3NRu. The molecule has 7 heteroatoms. The van der Waals surface area contributed by atoms with Gasteiger partial charge in [-0.2, -0.15) is 0 Å². The maximum absolute atomic E-state index is 12.7. The summed E-state index contributed by atoms with van der Waals surface area (Å²) in [6.07, 6.45) is -4.51. The van der Waals surface area contributed by atoms with Gasteiger partial charge in [0.15, 0.2) is 0 Å². The fourth-order valence-electron chi connectivity index (χ4n) is 1.50. The van der Waals surface area contributed by atoms with Crippen molar-refractivity contribution in [3.8, 4) is 0 Å². The van der Waals surface area contributed by atoms with Crippen LogP contribution in [0.5, 0.6) is 0 Å². The Labute approximate surface area is 117 Å². The zero-order valence-corrected chi connectivity index (χ0v) is 11.8. The molecule has 0 aliphatic rings. The van der Waals surface area contributed by atoms with Gasteiger partial charge in [-0.1, -0.05) is 0 Å². The van der Waals surface area contributed by atoms with Gasteiger partial charge in [0, 0.05) is 0 Å². The third-order valence-corrected chi connectivity index (χ3v) is 3.76. The topological polar surface area (TPSA) is 12.9 Å². The first-order valence-electron chi connectivity index (χ1n) is 4.65. The molecule has 0 fully saturated rings. The van der Waals surface area contributed by atoms with Gasteiger partial charge in [-0.15, -0.1) is 0 Å². The summed E-state index contributed by atoms with van der Waals surface area (Å²) in [4.78, 5) is 3.64. The molecule has 0 bridgehead atoms. The van der Waals surface area contributed by atoms with E-state index in [0.717, 1.165) is 6.07 Å². The molecule has 97 valence electrons. The van der Waals surface area contributed by atoms with Crippen LogP contribution in [-0.4, -0.2) is 9.59 Å². The molecule has 0 N–H and O–H groups in total. The number of rotatable bonds is 1. The Morgan fingerprint density at radius 2 is 2.00 bits per heavy atom. The summed E-state index contributed by atoms with van der Waals surface area (Å²) in [7, 11) is 5.66. The molecule has 0 aliphatic carbocycles. The average molecular weight is 380 g/mol. The van der Waals surface area contributed by atoms with Gasteiger partial charge in [0.25, 0.3) is 0 Å². The molecule has 0 amide bonds. The molecule has 1 aromatic heterocycles. The van der Waals surface area contributed by atoms with E-state index in [1.165, 1.54) is 0 Å². The molecule has 0 atom stereocenters. The molecule has 0 spiro atoms. The van der Waals surface area contributed by atoms with E-state index in [9.17, 15) is 13.2 Å². The second-order valence-corrected chi connectivity index (χ2v) is 5.61. The fraction of sp³-hybridized carbons (Fsp3) is 0.0909. The van der Waals surface area contributed by atoms with Crippen molar-refractivity contribution >= 4 is 36.8 Å². The first-order valence-corrected chi connectivity index (χ1v) is 8.27. The summed E-state index contributed by atoms with van der Waals surface area (Å²) >= 11 is 5.31. The van der Waals surface area contributed by atoms with Gasteiger partial charge < -0.3 is 0 Å². The number of nitrogens with zero attached hydrogens (tertiary/aromatic N) is 1. The third kappa shape index (κ3) is 2.74. The van der Waals surface area contributed by atoms with Crippen LogP contribution < -0.4 is 0 Å². The summed E-state index contributed by atoms with van der Waals surface area (Å²) in [6, 6.07) is 5.85. The minimum atomic E-state index is -4.51. The second-order valence-electron chi connectivity index (χ2n) is 3.41. The average Bonchev–Trinajstić information content (AvgIpc) is 2.29. The number of halogens is 5. The zero-order chi connectivity index (χ0) is 13.3. The second kappa shape index (κ2) is 5.24. The standard InChI is InChI=1S/C11H5ClF3N.ClH.Ru/c1-6-3-2-4-7-8(12)5-9(11(13,14)15)16-10(6)7;;/h1-5H;1H;/q;;+1/p-1. The quantitative estimate of drug-likeness (QED) is 0.673. The molecule has 1 aromatic carbocycles. The Morgan fingerprint density at radius 1 is 1.28 bits per heavy atom. The number of hydrogen-bond donors (Lipinski definition) is 0. The van der Waals surface area contributed by atoms with Crippen LogP contribution in [0.2, 0.25) is 5.02 Å².